The van der Waals surface area contributed by atoms with Crippen LogP contribution in [0.2, 0.25) is 0 Å². The van der Waals surface area contributed by atoms with Crippen molar-refractivity contribution in [1.29, 1.82) is 0 Å². The average molecular weight is 520 g/mol. The van der Waals surface area contributed by atoms with Gasteiger partial charge < -0.3 is 14.1 Å². The molecule has 0 aliphatic carbocycles. The van der Waals surface area contributed by atoms with E-state index in [-0.39, 0.29) is 11.6 Å². The Kier molecular flexibility index (Phi) is 12.4. The maximum atomic E-state index is 12.7. The Morgan fingerprint density at radius 3 is 1.97 bits per heavy atom. The van der Waals surface area contributed by atoms with E-state index in [1.807, 2.05) is 24.3 Å². The van der Waals surface area contributed by atoms with Crippen LogP contribution in [0.15, 0.2) is 57.7 Å². The number of fused-ring (bicyclic) bond motifs is 1. The minimum Gasteiger partial charge on any atom is -0.462 e. The molecule has 0 saturated heterocycles. The van der Waals surface area contributed by atoms with Crippen LogP contribution in [0.1, 0.15) is 102 Å². The minimum absolute atomic E-state index is 0.321. The molecule has 1 heterocycles. The second-order valence-electron chi connectivity index (χ2n) is 10.1. The van der Waals surface area contributed by atoms with Crippen LogP contribution in [0.3, 0.4) is 0 Å². The van der Waals surface area contributed by atoms with Crippen LogP contribution in [0, 0.1) is 0 Å². The molecule has 1 aromatic heterocycles. The zero-order valence-corrected chi connectivity index (χ0v) is 23.6. The number of ether oxygens (including phenoxy) is 1. The molecule has 0 spiro atoms. The van der Waals surface area contributed by atoms with Crippen LogP contribution in [0.25, 0.3) is 22.1 Å². The molecule has 0 atom stereocenters. The molecular formula is C33H45NO4. The van der Waals surface area contributed by atoms with Crippen molar-refractivity contribution in [3.63, 3.8) is 0 Å². The van der Waals surface area contributed by atoms with Crippen molar-refractivity contribution in [3.8, 4) is 11.1 Å². The van der Waals surface area contributed by atoms with Gasteiger partial charge in [0.05, 0.1) is 17.7 Å². The SMILES string of the molecule is CCCCCCCCCCCCCOC(=O)c1ccc(-c2cc3ccc(N(CC)CC)cc3oc2=O)cc1. The number of unbranched alkanes of at least 4 members (excludes halogenated alkanes) is 10. The first-order chi connectivity index (χ1) is 18.6. The first kappa shape index (κ1) is 29.5. The first-order valence-electron chi connectivity index (χ1n) is 14.7. The molecule has 38 heavy (non-hydrogen) atoms. The van der Waals surface area contributed by atoms with Crippen molar-refractivity contribution < 1.29 is 13.9 Å². The van der Waals surface area contributed by atoms with Crippen LogP contribution in [0.5, 0.6) is 0 Å². The van der Waals surface area contributed by atoms with Gasteiger partial charge in [0.2, 0.25) is 0 Å². The lowest BCUT2D eigenvalue weighted by Gasteiger charge is -2.21. The van der Waals surface area contributed by atoms with Crippen LogP contribution in [-0.4, -0.2) is 25.7 Å². The fraction of sp³-hybridized carbons (Fsp3) is 0.515. The number of carbonyl (C=O) groups excluding carboxylic acids is 1. The Balaban J connectivity index is 1.45. The molecule has 3 rings (SSSR count). The van der Waals surface area contributed by atoms with Gasteiger partial charge in [0.1, 0.15) is 5.58 Å². The van der Waals surface area contributed by atoms with Gasteiger partial charge >= 0.3 is 11.6 Å². The van der Waals surface area contributed by atoms with Crippen LogP contribution < -0.4 is 10.5 Å². The summed E-state index contributed by atoms with van der Waals surface area (Å²) in [5.74, 6) is -0.321. The number of esters is 1. The second kappa shape index (κ2) is 16.0. The number of benzene rings is 2. The second-order valence-corrected chi connectivity index (χ2v) is 10.1. The van der Waals surface area contributed by atoms with E-state index in [0.717, 1.165) is 42.6 Å². The molecule has 0 fully saturated rings. The molecular weight excluding hydrogens is 474 g/mol. The highest BCUT2D eigenvalue weighted by Gasteiger charge is 2.12. The maximum Gasteiger partial charge on any atom is 0.344 e. The summed E-state index contributed by atoms with van der Waals surface area (Å²) in [7, 11) is 0. The number of anilines is 1. The third kappa shape index (κ3) is 8.75. The monoisotopic (exact) mass is 519 g/mol. The van der Waals surface area contributed by atoms with Crippen molar-refractivity contribution in [1.82, 2.24) is 0 Å². The zero-order valence-electron chi connectivity index (χ0n) is 23.6. The van der Waals surface area contributed by atoms with Crippen molar-refractivity contribution in [2.75, 3.05) is 24.6 Å². The molecule has 0 aliphatic rings. The largest absolute Gasteiger partial charge is 0.462 e. The van der Waals surface area contributed by atoms with Gasteiger partial charge in [-0.15, -0.1) is 0 Å². The van der Waals surface area contributed by atoms with Crippen molar-refractivity contribution in [2.45, 2.75) is 91.4 Å². The Morgan fingerprint density at radius 2 is 1.37 bits per heavy atom. The third-order valence-electron chi connectivity index (χ3n) is 7.26. The van der Waals surface area contributed by atoms with Crippen molar-refractivity contribution >= 4 is 22.6 Å². The summed E-state index contributed by atoms with van der Waals surface area (Å²) in [6.07, 6.45) is 13.9. The molecule has 0 unspecified atom stereocenters. The highest BCUT2D eigenvalue weighted by atomic mass is 16.5. The molecule has 5 heteroatoms. The van der Waals surface area contributed by atoms with Gasteiger partial charge in [0, 0.05) is 30.2 Å². The van der Waals surface area contributed by atoms with Gasteiger partial charge in [-0.25, -0.2) is 9.59 Å². The van der Waals surface area contributed by atoms with E-state index in [1.54, 1.807) is 24.3 Å². The molecule has 2 aromatic carbocycles. The summed E-state index contributed by atoms with van der Waals surface area (Å²) in [6.45, 7) is 8.68. The number of hydrogen-bond acceptors (Lipinski definition) is 5. The minimum atomic E-state index is -0.388. The fourth-order valence-corrected chi connectivity index (χ4v) is 4.89. The van der Waals surface area contributed by atoms with E-state index in [9.17, 15) is 9.59 Å². The predicted octanol–water partition coefficient (Wildman–Crippen LogP) is 8.77. The van der Waals surface area contributed by atoms with E-state index >= 15 is 0 Å². The predicted molar refractivity (Wildman–Crippen MR) is 158 cm³/mol. The molecule has 0 N–H and O–H groups in total. The van der Waals surface area contributed by atoms with Gasteiger partial charge in [0.25, 0.3) is 0 Å². The summed E-state index contributed by atoms with van der Waals surface area (Å²) in [6, 6.07) is 14.8. The van der Waals surface area contributed by atoms with Gasteiger partial charge in [-0.05, 0) is 56.2 Å². The Bertz CT molecular complexity index is 1180. The first-order valence-corrected chi connectivity index (χ1v) is 14.7. The van der Waals surface area contributed by atoms with Crippen LogP contribution >= 0.6 is 0 Å². The Morgan fingerprint density at radius 1 is 0.763 bits per heavy atom. The number of rotatable bonds is 17. The maximum absolute atomic E-state index is 12.7. The Labute approximate surface area is 228 Å². The van der Waals surface area contributed by atoms with Gasteiger partial charge in [-0.1, -0.05) is 83.3 Å². The zero-order chi connectivity index (χ0) is 27.2. The lowest BCUT2D eigenvalue weighted by atomic mass is 10.0. The van der Waals surface area contributed by atoms with E-state index in [2.05, 4.69) is 25.7 Å². The smallest absolute Gasteiger partial charge is 0.344 e. The summed E-state index contributed by atoms with van der Waals surface area (Å²) in [4.78, 5) is 27.4. The summed E-state index contributed by atoms with van der Waals surface area (Å²) in [5.41, 5.74) is 2.91. The molecule has 0 aliphatic heterocycles. The average Bonchev–Trinajstić information content (AvgIpc) is 2.94. The van der Waals surface area contributed by atoms with E-state index in [0.29, 0.717) is 23.3 Å². The standard InChI is InChI=1S/C33H45NO4/c1-4-7-8-9-10-11-12-13-14-15-16-23-37-32(35)27-19-17-26(18-20-27)30-24-28-21-22-29(34(5-2)6-3)25-31(28)38-33(30)36/h17-22,24-25H,4-16,23H2,1-3H3. The number of carbonyl (C=O) groups is 1. The third-order valence-corrected chi connectivity index (χ3v) is 7.26. The lowest BCUT2D eigenvalue weighted by molar-refractivity contribution is 0.0497. The van der Waals surface area contributed by atoms with Crippen molar-refractivity contribution in [3.05, 3.63) is 64.5 Å². The number of nitrogens with zero attached hydrogens (tertiary/aromatic N) is 1. The molecule has 0 bridgehead atoms. The highest BCUT2D eigenvalue weighted by molar-refractivity contribution is 5.90. The van der Waals surface area contributed by atoms with E-state index in [1.165, 1.54) is 57.8 Å². The molecule has 3 aromatic rings. The van der Waals surface area contributed by atoms with Gasteiger partial charge in [-0.3, -0.25) is 0 Å². The lowest BCUT2D eigenvalue weighted by Crippen LogP contribution is -2.21. The van der Waals surface area contributed by atoms with Gasteiger partial charge in [-0.2, -0.15) is 0 Å². The van der Waals surface area contributed by atoms with E-state index in [4.69, 9.17) is 9.15 Å². The normalized spacial score (nSPS) is 11.1. The molecule has 0 saturated carbocycles. The molecule has 206 valence electrons. The summed E-state index contributed by atoms with van der Waals surface area (Å²) >= 11 is 0. The van der Waals surface area contributed by atoms with Crippen LogP contribution in [-0.2, 0) is 4.74 Å². The quantitative estimate of drug-likeness (QED) is 0.101. The Hall–Kier alpha value is -3.08. The molecule has 5 nitrogen and oxygen atoms in total. The van der Waals surface area contributed by atoms with Crippen LogP contribution in [0.4, 0.5) is 5.69 Å². The van der Waals surface area contributed by atoms with E-state index < -0.39 is 0 Å². The number of hydrogen-bond donors (Lipinski definition) is 0. The highest BCUT2D eigenvalue weighted by Crippen LogP contribution is 2.25. The van der Waals surface area contributed by atoms with Gasteiger partial charge in [0.15, 0.2) is 0 Å². The summed E-state index contributed by atoms with van der Waals surface area (Å²) in [5, 5.41) is 0.867. The fourth-order valence-electron chi connectivity index (χ4n) is 4.89. The molecule has 0 amide bonds. The topological polar surface area (TPSA) is 59.8 Å². The molecule has 0 radical (unpaired) electrons. The summed E-state index contributed by atoms with van der Waals surface area (Å²) < 4.78 is 11.1. The van der Waals surface area contributed by atoms with Crippen molar-refractivity contribution in [2.24, 2.45) is 0 Å².